The van der Waals surface area contributed by atoms with Gasteiger partial charge in [0.15, 0.2) is 0 Å². The van der Waals surface area contributed by atoms with Crippen LogP contribution < -0.4 is 0 Å². The van der Waals surface area contributed by atoms with Crippen LogP contribution in [0.1, 0.15) is 63.9 Å². The van der Waals surface area contributed by atoms with Crippen molar-refractivity contribution >= 4 is 8.80 Å². The molecular weight excluding hydrogens is 256 g/mol. The molecule has 1 saturated carbocycles. The highest BCUT2D eigenvalue weighted by atomic mass is 28.3. The minimum atomic E-state index is -0.550. The van der Waals surface area contributed by atoms with Gasteiger partial charge >= 0.3 is 0 Å². The molecule has 0 aromatic heterocycles. The van der Waals surface area contributed by atoms with E-state index in [0.717, 1.165) is 5.54 Å². The highest BCUT2D eigenvalue weighted by Gasteiger charge is 2.42. The lowest BCUT2D eigenvalue weighted by Crippen LogP contribution is -2.40. The van der Waals surface area contributed by atoms with E-state index in [1.54, 1.807) is 17.7 Å². The molecule has 1 unspecified atom stereocenters. The quantitative estimate of drug-likeness (QED) is 0.644. The highest BCUT2D eigenvalue weighted by Crippen LogP contribution is 2.50. The number of rotatable bonds is 3. The summed E-state index contributed by atoms with van der Waals surface area (Å²) in [6.07, 6.45) is 11.7. The fraction of sp³-hybridized carbons (Fsp3) is 0.684. The first kappa shape index (κ1) is 14.4. The second-order valence-corrected chi connectivity index (χ2v) is 10.9. The van der Waals surface area contributed by atoms with Crippen LogP contribution in [-0.2, 0) is 5.41 Å². The Bertz CT molecular complexity index is 399. The smallest absolute Gasteiger partial charge is 0.0405 e. The molecule has 2 aliphatic rings. The molecule has 2 fully saturated rings. The molecule has 0 amide bonds. The summed E-state index contributed by atoms with van der Waals surface area (Å²) in [4.78, 5) is 0. The third-order valence-electron chi connectivity index (χ3n) is 6.22. The van der Waals surface area contributed by atoms with Gasteiger partial charge in [-0.1, -0.05) is 81.8 Å². The Kier molecular flexibility index (Phi) is 4.65. The molecule has 0 bridgehead atoms. The average molecular weight is 286 g/mol. The van der Waals surface area contributed by atoms with Crippen LogP contribution >= 0.6 is 0 Å². The Hall–Kier alpha value is -0.563. The number of hydrogen-bond donors (Lipinski definition) is 0. The molecule has 0 spiro atoms. The van der Waals surface area contributed by atoms with Crippen molar-refractivity contribution in [2.75, 3.05) is 0 Å². The molecular formula is C19H29Si. The number of hydrogen-bond acceptors (Lipinski definition) is 0. The van der Waals surface area contributed by atoms with Crippen molar-refractivity contribution in [3.63, 3.8) is 0 Å². The van der Waals surface area contributed by atoms with Crippen molar-refractivity contribution < 1.29 is 0 Å². The minimum Gasteiger partial charge on any atom is -0.0643 e. The van der Waals surface area contributed by atoms with Crippen LogP contribution in [0.25, 0.3) is 0 Å². The third-order valence-corrected chi connectivity index (χ3v) is 10.6. The first-order chi connectivity index (χ1) is 9.83. The molecule has 0 nitrogen and oxygen atoms in total. The zero-order chi connectivity index (χ0) is 13.8. The van der Waals surface area contributed by atoms with Gasteiger partial charge in [0.25, 0.3) is 0 Å². The van der Waals surface area contributed by atoms with Gasteiger partial charge in [0.2, 0.25) is 0 Å². The monoisotopic (exact) mass is 285 g/mol. The summed E-state index contributed by atoms with van der Waals surface area (Å²) in [6.45, 7) is 2.62. The van der Waals surface area contributed by atoms with Gasteiger partial charge in [-0.05, 0) is 35.4 Å². The van der Waals surface area contributed by atoms with E-state index in [-0.39, 0.29) is 0 Å². The van der Waals surface area contributed by atoms with Gasteiger partial charge in [-0.3, -0.25) is 0 Å². The first-order valence-electron chi connectivity index (χ1n) is 8.80. The lowest BCUT2D eigenvalue weighted by atomic mass is 9.67. The van der Waals surface area contributed by atoms with E-state index in [9.17, 15) is 0 Å². The zero-order valence-electron chi connectivity index (χ0n) is 13.0. The van der Waals surface area contributed by atoms with Crippen LogP contribution in [0.4, 0.5) is 0 Å². The SMILES string of the molecule is CC([SiH]1CCCCC1)C1(c2[c]cccc2)CCCCC1. The van der Waals surface area contributed by atoms with E-state index in [0.29, 0.717) is 5.41 Å². The molecule has 20 heavy (non-hydrogen) atoms. The summed E-state index contributed by atoms with van der Waals surface area (Å²) < 4.78 is 0. The zero-order valence-corrected chi connectivity index (χ0v) is 14.2. The van der Waals surface area contributed by atoms with E-state index in [1.165, 1.54) is 51.4 Å². The van der Waals surface area contributed by atoms with Crippen molar-refractivity contribution in [3.8, 4) is 0 Å². The Morgan fingerprint density at radius 3 is 2.35 bits per heavy atom. The van der Waals surface area contributed by atoms with Crippen molar-refractivity contribution in [2.24, 2.45) is 0 Å². The Labute approximate surface area is 126 Å². The molecule has 1 radical (unpaired) electrons. The average Bonchev–Trinajstić information content (AvgIpc) is 2.56. The first-order valence-corrected chi connectivity index (χ1v) is 11.1. The second-order valence-electron chi connectivity index (χ2n) is 7.18. The summed E-state index contributed by atoms with van der Waals surface area (Å²) in [6, 6.07) is 15.7. The molecule has 1 aromatic rings. The van der Waals surface area contributed by atoms with Crippen molar-refractivity contribution in [1.82, 2.24) is 0 Å². The van der Waals surface area contributed by atoms with Gasteiger partial charge in [-0.2, -0.15) is 0 Å². The van der Waals surface area contributed by atoms with Gasteiger partial charge in [0, 0.05) is 8.80 Å². The van der Waals surface area contributed by atoms with Crippen LogP contribution in [-0.4, -0.2) is 8.80 Å². The topological polar surface area (TPSA) is 0 Å². The van der Waals surface area contributed by atoms with Crippen molar-refractivity contribution in [3.05, 3.63) is 35.9 Å². The summed E-state index contributed by atoms with van der Waals surface area (Å²) in [5.74, 6) is 0. The molecule has 1 atom stereocenters. The van der Waals surface area contributed by atoms with Crippen LogP contribution in [0.15, 0.2) is 24.3 Å². The summed E-state index contributed by atoms with van der Waals surface area (Å²) in [7, 11) is -0.550. The Morgan fingerprint density at radius 2 is 1.70 bits per heavy atom. The lowest BCUT2D eigenvalue weighted by molar-refractivity contribution is 0.278. The van der Waals surface area contributed by atoms with E-state index >= 15 is 0 Å². The molecule has 1 heteroatoms. The van der Waals surface area contributed by atoms with Gasteiger partial charge in [-0.25, -0.2) is 0 Å². The van der Waals surface area contributed by atoms with Crippen molar-refractivity contribution in [1.29, 1.82) is 0 Å². The van der Waals surface area contributed by atoms with Gasteiger partial charge < -0.3 is 0 Å². The van der Waals surface area contributed by atoms with E-state index in [4.69, 9.17) is 0 Å². The molecule has 1 saturated heterocycles. The maximum atomic E-state index is 3.62. The van der Waals surface area contributed by atoms with Gasteiger partial charge in [-0.15, -0.1) is 0 Å². The largest absolute Gasteiger partial charge is 0.0643 e. The fourth-order valence-electron chi connectivity index (χ4n) is 4.94. The Balaban J connectivity index is 1.88. The molecule has 3 rings (SSSR count). The van der Waals surface area contributed by atoms with Gasteiger partial charge in [0.05, 0.1) is 0 Å². The number of benzene rings is 1. The molecule has 1 aliphatic carbocycles. The van der Waals surface area contributed by atoms with Crippen molar-refractivity contribution in [2.45, 2.75) is 81.3 Å². The predicted octanol–water partition coefficient (Wildman–Crippen LogP) is 5.49. The normalized spacial score (nSPS) is 25.2. The second kappa shape index (κ2) is 6.47. The van der Waals surface area contributed by atoms with E-state index in [1.807, 2.05) is 0 Å². The summed E-state index contributed by atoms with van der Waals surface area (Å²) in [5, 5.41) is 0. The molecule has 109 valence electrons. The van der Waals surface area contributed by atoms with E-state index in [2.05, 4.69) is 37.3 Å². The fourth-order valence-corrected chi connectivity index (χ4v) is 9.27. The third kappa shape index (κ3) is 2.74. The van der Waals surface area contributed by atoms with Crippen LogP contribution in [0.5, 0.6) is 0 Å². The maximum absolute atomic E-state index is 3.62. The molecule has 0 N–H and O–H groups in total. The van der Waals surface area contributed by atoms with Crippen LogP contribution in [0.3, 0.4) is 0 Å². The van der Waals surface area contributed by atoms with Crippen LogP contribution in [0.2, 0.25) is 17.6 Å². The standard InChI is InChI=1S/C19H29Si/c1-17(20-15-9-4-10-16-20)19(13-7-3-8-14-19)18-11-5-2-6-12-18/h2,5-6,11,17,20H,3-4,7-10,13-16H2,1H3. The highest BCUT2D eigenvalue weighted by molar-refractivity contribution is 6.61. The maximum Gasteiger partial charge on any atom is 0.0405 e. The summed E-state index contributed by atoms with van der Waals surface area (Å²) >= 11 is 0. The molecule has 1 aromatic carbocycles. The summed E-state index contributed by atoms with van der Waals surface area (Å²) in [5.41, 5.74) is 3.01. The lowest BCUT2D eigenvalue weighted by Gasteiger charge is -2.46. The minimum absolute atomic E-state index is 0.494. The van der Waals surface area contributed by atoms with Gasteiger partial charge in [0.1, 0.15) is 0 Å². The predicted molar refractivity (Wildman–Crippen MR) is 90.1 cm³/mol. The van der Waals surface area contributed by atoms with Crippen LogP contribution in [0, 0.1) is 6.07 Å². The molecule has 1 aliphatic heterocycles. The van der Waals surface area contributed by atoms with E-state index < -0.39 is 8.80 Å². The molecule has 1 heterocycles. The Morgan fingerprint density at radius 1 is 1.00 bits per heavy atom.